The van der Waals surface area contributed by atoms with Gasteiger partial charge in [0.15, 0.2) is 0 Å². The first kappa shape index (κ1) is 14.5. The molecule has 1 aromatic heterocycles. The molecule has 2 aliphatic rings. The maximum absolute atomic E-state index is 12.6. The van der Waals surface area contributed by atoms with Crippen molar-refractivity contribution in [2.45, 2.75) is 12.8 Å². The van der Waals surface area contributed by atoms with Crippen LogP contribution in [0.2, 0.25) is 5.02 Å². The molecule has 2 heterocycles. The van der Waals surface area contributed by atoms with Crippen LogP contribution in [-0.4, -0.2) is 29.0 Å². The molecule has 0 spiro atoms. The van der Waals surface area contributed by atoms with Gasteiger partial charge in [0, 0.05) is 24.7 Å². The molecular weight excluding hydrogens is 310 g/mol. The lowest BCUT2D eigenvalue weighted by Crippen LogP contribution is -2.33. The first-order valence-corrected chi connectivity index (χ1v) is 8.34. The fraction of sp³-hybridized carbons (Fsp3) is 0.333. The van der Waals surface area contributed by atoms with Crippen molar-refractivity contribution in [2.24, 2.45) is 11.8 Å². The summed E-state index contributed by atoms with van der Waals surface area (Å²) in [4.78, 5) is 18.9. The molecule has 1 N–H and O–H groups in total. The molecule has 1 aliphatic carbocycles. The quantitative estimate of drug-likeness (QED) is 0.793. The highest BCUT2D eigenvalue weighted by molar-refractivity contribution is 6.35. The number of nitrogens with one attached hydrogen (secondary N) is 1. The molecule has 0 saturated carbocycles. The van der Waals surface area contributed by atoms with Gasteiger partial charge in [0.2, 0.25) is 0 Å². The van der Waals surface area contributed by atoms with E-state index in [4.69, 9.17) is 11.6 Å². The van der Waals surface area contributed by atoms with Gasteiger partial charge in [-0.25, -0.2) is 4.79 Å². The Morgan fingerprint density at radius 1 is 1.17 bits per heavy atom. The van der Waals surface area contributed by atoms with Gasteiger partial charge in [-0.3, -0.25) is 4.98 Å². The summed E-state index contributed by atoms with van der Waals surface area (Å²) in [7, 11) is 0. The molecule has 4 rings (SSSR count). The summed E-state index contributed by atoms with van der Waals surface area (Å²) in [6.45, 7) is 1.68. The standard InChI is InChI=1S/C18H18ClN3O/c19-15-7-8-16(14-6-3-9-20-17(14)15)21-18(23)22-10-12-4-1-2-5-13(12)11-22/h1-3,6-9,12-13H,4-5,10-11H2,(H,21,23)/t12-,13+. The van der Waals surface area contributed by atoms with Gasteiger partial charge in [0.1, 0.15) is 0 Å². The van der Waals surface area contributed by atoms with E-state index in [1.165, 1.54) is 0 Å². The molecule has 1 aliphatic heterocycles. The number of benzene rings is 1. The molecule has 0 radical (unpaired) electrons. The average molecular weight is 328 g/mol. The Morgan fingerprint density at radius 2 is 1.91 bits per heavy atom. The summed E-state index contributed by atoms with van der Waals surface area (Å²) >= 11 is 6.18. The largest absolute Gasteiger partial charge is 0.324 e. The maximum Gasteiger partial charge on any atom is 0.321 e. The number of rotatable bonds is 1. The SMILES string of the molecule is O=C(Nc1ccc(Cl)c2ncccc12)N1C[C@H]2CC=CC[C@H]2C1. The molecule has 2 amide bonds. The van der Waals surface area contributed by atoms with Crippen molar-refractivity contribution >= 4 is 34.2 Å². The lowest BCUT2D eigenvalue weighted by atomic mass is 9.86. The van der Waals surface area contributed by atoms with Crippen molar-refractivity contribution in [3.63, 3.8) is 0 Å². The second kappa shape index (κ2) is 5.85. The van der Waals surface area contributed by atoms with Crippen molar-refractivity contribution in [3.8, 4) is 0 Å². The number of hydrogen-bond donors (Lipinski definition) is 1. The zero-order chi connectivity index (χ0) is 15.8. The van der Waals surface area contributed by atoms with Gasteiger partial charge in [-0.15, -0.1) is 0 Å². The van der Waals surface area contributed by atoms with E-state index in [-0.39, 0.29) is 6.03 Å². The van der Waals surface area contributed by atoms with Gasteiger partial charge in [-0.2, -0.15) is 0 Å². The smallest absolute Gasteiger partial charge is 0.321 e. The highest BCUT2D eigenvalue weighted by atomic mass is 35.5. The maximum atomic E-state index is 12.6. The summed E-state index contributed by atoms with van der Waals surface area (Å²) in [6.07, 6.45) is 8.35. The van der Waals surface area contributed by atoms with Gasteiger partial charge in [-0.1, -0.05) is 23.8 Å². The number of hydrogen-bond acceptors (Lipinski definition) is 2. The molecule has 0 bridgehead atoms. The van der Waals surface area contributed by atoms with Crippen LogP contribution in [-0.2, 0) is 0 Å². The van der Waals surface area contributed by atoms with Crippen LogP contribution in [0.3, 0.4) is 0 Å². The van der Waals surface area contributed by atoms with E-state index in [1.807, 2.05) is 23.1 Å². The van der Waals surface area contributed by atoms with Gasteiger partial charge in [0.05, 0.1) is 16.2 Å². The molecule has 118 valence electrons. The molecule has 4 nitrogen and oxygen atoms in total. The average Bonchev–Trinajstić information content (AvgIpc) is 3.02. The molecule has 1 fully saturated rings. The van der Waals surface area contributed by atoms with Gasteiger partial charge < -0.3 is 10.2 Å². The van der Waals surface area contributed by atoms with Crippen LogP contribution < -0.4 is 5.32 Å². The number of urea groups is 1. The van der Waals surface area contributed by atoms with Crippen LogP contribution >= 0.6 is 11.6 Å². The lowest BCUT2D eigenvalue weighted by Gasteiger charge is -2.18. The van der Waals surface area contributed by atoms with Crippen LogP contribution in [0.5, 0.6) is 0 Å². The number of likely N-dealkylation sites (tertiary alicyclic amines) is 1. The van der Waals surface area contributed by atoms with Gasteiger partial charge >= 0.3 is 6.03 Å². The number of fused-ring (bicyclic) bond motifs is 2. The summed E-state index contributed by atoms with van der Waals surface area (Å²) in [5.74, 6) is 1.21. The molecule has 5 heteroatoms. The van der Waals surface area contributed by atoms with Crippen LogP contribution in [0.25, 0.3) is 10.9 Å². The van der Waals surface area contributed by atoms with E-state index in [9.17, 15) is 4.79 Å². The second-order valence-corrected chi connectivity index (χ2v) is 6.70. The minimum absolute atomic E-state index is 0.0353. The lowest BCUT2D eigenvalue weighted by molar-refractivity contribution is 0.220. The molecule has 2 atom stereocenters. The van der Waals surface area contributed by atoms with E-state index >= 15 is 0 Å². The number of aromatic nitrogens is 1. The summed E-state index contributed by atoms with van der Waals surface area (Å²) in [5, 5.41) is 4.49. The monoisotopic (exact) mass is 327 g/mol. The number of pyridine rings is 1. The third kappa shape index (κ3) is 2.68. The molecule has 23 heavy (non-hydrogen) atoms. The normalized spacial score (nSPS) is 23.1. The van der Waals surface area contributed by atoms with E-state index in [2.05, 4.69) is 22.5 Å². The minimum atomic E-state index is -0.0353. The van der Waals surface area contributed by atoms with Crippen LogP contribution in [0.15, 0.2) is 42.6 Å². The first-order chi connectivity index (χ1) is 11.2. The summed E-state index contributed by atoms with van der Waals surface area (Å²) in [5.41, 5.74) is 1.47. The van der Waals surface area contributed by atoms with Crippen molar-refractivity contribution in [2.75, 3.05) is 18.4 Å². The molecule has 2 aromatic rings. The van der Waals surface area contributed by atoms with Crippen molar-refractivity contribution in [3.05, 3.63) is 47.6 Å². The van der Waals surface area contributed by atoms with E-state index < -0.39 is 0 Å². The topological polar surface area (TPSA) is 45.2 Å². The Morgan fingerprint density at radius 3 is 2.65 bits per heavy atom. The molecule has 0 unspecified atom stereocenters. The number of nitrogens with zero attached hydrogens (tertiary/aromatic N) is 2. The zero-order valence-electron chi connectivity index (χ0n) is 12.7. The highest BCUT2D eigenvalue weighted by Gasteiger charge is 2.35. The Bertz CT molecular complexity index is 773. The van der Waals surface area contributed by atoms with Gasteiger partial charge in [-0.05, 0) is 48.9 Å². The Kier molecular flexibility index (Phi) is 3.69. The van der Waals surface area contributed by atoms with E-state index in [1.54, 1.807) is 12.3 Å². The predicted octanol–water partition coefficient (Wildman–Crippen LogP) is 4.32. The predicted molar refractivity (Wildman–Crippen MR) is 92.7 cm³/mol. The third-order valence-corrected chi connectivity index (χ3v) is 5.18. The Labute approximate surface area is 140 Å². The summed E-state index contributed by atoms with van der Waals surface area (Å²) < 4.78 is 0. The van der Waals surface area contributed by atoms with Crippen LogP contribution in [0, 0.1) is 11.8 Å². The number of carbonyl (C=O) groups excluding carboxylic acids is 1. The fourth-order valence-corrected chi connectivity index (χ4v) is 3.84. The highest BCUT2D eigenvalue weighted by Crippen LogP contribution is 2.33. The molecule has 1 saturated heterocycles. The van der Waals surface area contributed by atoms with E-state index in [0.29, 0.717) is 22.4 Å². The molecular formula is C18H18ClN3O. The first-order valence-electron chi connectivity index (χ1n) is 7.96. The number of carbonyl (C=O) groups is 1. The van der Waals surface area contributed by atoms with Crippen LogP contribution in [0.1, 0.15) is 12.8 Å². The Hall–Kier alpha value is -2.07. The minimum Gasteiger partial charge on any atom is -0.324 e. The number of amides is 2. The van der Waals surface area contributed by atoms with E-state index in [0.717, 1.165) is 37.0 Å². The van der Waals surface area contributed by atoms with Gasteiger partial charge in [0.25, 0.3) is 0 Å². The zero-order valence-corrected chi connectivity index (χ0v) is 13.5. The number of allylic oxidation sites excluding steroid dienone is 2. The van der Waals surface area contributed by atoms with Crippen molar-refractivity contribution in [1.82, 2.24) is 9.88 Å². The third-order valence-electron chi connectivity index (χ3n) is 4.87. The van der Waals surface area contributed by atoms with Crippen molar-refractivity contribution < 1.29 is 4.79 Å². The number of anilines is 1. The fourth-order valence-electron chi connectivity index (χ4n) is 3.62. The molecule has 1 aromatic carbocycles. The Balaban J connectivity index is 1.55. The number of halogens is 1. The summed E-state index contributed by atoms with van der Waals surface area (Å²) in [6, 6.07) is 7.36. The second-order valence-electron chi connectivity index (χ2n) is 6.29. The van der Waals surface area contributed by atoms with Crippen LogP contribution in [0.4, 0.5) is 10.5 Å². The van der Waals surface area contributed by atoms with Crippen molar-refractivity contribution in [1.29, 1.82) is 0 Å².